The molecule has 4 nitrogen and oxygen atoms in total. The number of fused-ring (bicyclic) bond motifs is 1. The van der Waals surface area contributed by atoms with Crippen molar-refractivity contribution in [3.63, 3.8) is 0 Å². The van der Waals surface area contributed by atoms with E-state index in [1.165, 1.54) is 5.41 Å². The van der Waals surface area contributed by atoms with Gasteiger partial charge in [0, 0.05) is 29.1 Å². The van der Waals surface area contributed by atoms with Crippen LogP contribution < -0.4 is 5.32 Å². The van der Waals surface area contributed by atoms with Crippen molar-refractivity contribution < 1.29 is 8.42 Å². The highest BCUT2D eigenvalue weighted by molar-refractivity contribution is 7.92. The van der Waals surface area contributed by atoms with Crippen molar-refractivity contribution in [1.82, 2.24) is 9.62 Å². The molecule has 2 aliphatic rings. The summed E-state index contributed by atoms with van der Waals surface area (Å²) in [7, 11) is -3.39. The average molecular weight is 327 g/mol. The van der Waals surface area contributed by atoms with Crippen LogP contribution in [0.4, 0.5) is 0 Å². The lowest BCUT2D eigenvalue weighted by Gasteiger charge is -2.24. The lowest BCUT2D eigenvalue weighted by atomic mass is 10.0. The van der Waals surface area contributed by atoms with E-state index in [2.05, 4.69) is 5.32 Å². The van der Waals surface area contributed by atoms with Crippen LogP contribution in [-0.4, -0.2) is 37.9 Å². The Labute approximate surface area is 130 Å². The molecule has 2 heterocycles. The number of benzene rings is 1. The van der Waals surface area contributed by atoms with Gasteiger partial charge in [-0.3, -0.25) is 0 Å². The van der Waals surface area contributed by atoms with Crippen molar-refractivity contribution in [1.29, 1.82) is 0 Å². The highest BCUT2D eigenvalue weighted by atomic mass is 35.5. The first kappa shape index (κ1) is 15.0. The van der Waals surface area contributed by atoms with Gasteiger partial charge in [0.05, 0.1) is 0 Å². The third-order valence-electron chi connectivity index (χ3n) is 4.31. The maximum Gasteiger partial charge on any atom is 0.236 e. The molecule has 2 fully saturated rings. The zero-order chi connectivity index (χ0) is 15.0. The molecule has 2 saturated heterocycles. The summed E-state index contributed by atoms with van der Waals surface area (Å²) in [5.41, 5.74) is 0.830. The van der Waals surface area contributed by atoms with Gasteiger partial charge in [0.1, 0.15) is 0 Å². The molecule has 1 aromatic carbocycles. The van der Waals surface area contributed by atoms with Gasteiger partial charge >= 0.3 is 0 Å². The summed E-state index contributed by atoms with van der Waals surface area (Å²) in [6.45, 7) is 3.66. The SMILES string of the molecule is CC1CC2CNCC2N1S(=O)(=O)/C=C/c1ccc(Cl)cc1. The lowest BCUT2D eigenvalue weighted by molar-refractivity contribution is 0.340. The predicted octanol–water partition coefficient (Wildman–Crippen LogP) is 2.32. The highest BCUT2D eigenvalue weighted by Crippen LogP contribution is 2.35. The standard InChI is InChI=1S/C15H19ClN2O2S/c1-11-8-13-9-17-10-15(13)18(11)21(19,20)7-6-12-2-4-14(16)5-3-12/h2-7,11,13,15,17H,8-10H2,1H3/b7-6+. The topological polar surface area (TPSA) is 49.4 Å². The van der Waals surface area contributed by atoms with Crippen molar-refractivity contribution in [3.8, 4) is 0 Å². The monoisotopic (exact) mass is 326 g/mol. The summed E-state index contributed by atoms with van der Waals surface area (Å²) >= 11 is 5.83. The molecular formula is C15H19ClN2O2S. The molecule has 0 aliphatic carbocycles. The van der Waals surface area contributed by atoms with Crippen molar-refractivity contribution in [2.24, 2.45) is 5.92 Å². The van der Waals surface area contributed by atoms with Gasteiger partial charge in [0.25, 0.3) is 0 Å². The van der Waals surface area contributed by atoms with Crippen molar-refractivity contribution in [2.75, 3.05) is 13.1 Å². The van der Waals surface area contributed by atoms with Crippen molar-refractivity contribution in [2.45, 2.75) is 25.4 Å². The van der Waals surface area contributed by atoms with E-state index >= 15 is 0 Å². The Kier molecular flexibility index (Phi) is 4.10. The van der Waals surface area contributed by atoms with Crippen LogP contribution in [0.25, 0.3) is 6.08 Å². The largest absolute Gasteiger partial charge is 0.315 e. The Bertz CT molecular complexity index is 642. The number of sulfonamides is 1. The Hall–Kier alpha value is -0.880. The van der Waals surface area contributed by atoms with Crippen LogP contribution in [0, 0.1) is 5.92 Å². The molecule has 0 radical (unpaired) electrons. The number of hydrogen-bond donors (Lipinski definition) is 1. The van der Waals surface area contributed by atoms with Gasteiger partial charge in [0.15, 0.2) is 0 Å². The fourth-order valence-corrected chi connectivity index (χ4v) is 5.18. The Morgan fingerprint density at radius 1 is 1.29 bits per heavy atom. The summed E-state index contributed by atoms with van der Waals surface area (Å²) in [5.74, 6) is 0.443. The van der Waals surface area contributed by atoms with E-state index in [9.17, 15) is 8.42 Å². The molecule has 3 atom stereocenters. The van der Waals surface area contributed by atoms with Gasteiger partial charge in [-0.05, 0) is 49.6 Å². The molecule has 0 spiro atoms. The summed E-state index contributed by atoms with van der Waals surface area (Å²) in [4.78, 5) is 0. The Balaban J connectivity index is 1.81. The first-order valence-corrected chi connectivity index (χ1v) is 9.03. The van der Waals surface area contributed by atoms with Gasteiger partial charge in [-0.2, -0.15) is 4.31 Å². The molecule has 1 N–H and O–H groups in total. The lowest BCUT2D eigenvalue weighted by Crippen LogP contribution is -2.41. The molecule has 1 aromatic rings. The van der Waals surface area contributed by atoms with E-state index in [1.807, 2.05) is 19.1 Å². The van der Waals surface area contributed by atoms with Crippen LogP contribution in [0.2, 0.25) is 5.02 Å². The second kappa shape index (κ2) is 5.72. The molecule has 6 heteroatoms. The van der Waals surface area contributed by atoms with E-state index in [0.717, 1.165) is 25.1 Å². The number of nitrogens with zero attached hydrogens (tertiary/aromatic N) is 1. The minimum absolute atomic E-state index is 0.0713. The summed E-state index contributed by atoms with van der Waals surface area (Å²) in [6.07, 6.45) is 2.57. The normalized spacial score (nSPS) is 30.1. The van der Waals surface area contributed by atoms with Crippen LogP contribution in [0.1, 0.15) is 18.9 Å². The second-order valence-electron chi connectivity index (χ2n) is 5.80. The van der Waals surface area contributed by atoms with E-state index in [1.54, 1.807) is 22.5 Å². The van der Waals surface area contributed by atoms with Gasteiger partial charge in [0.2, 0.25) is 10.0 Å². The zero-order valence-electron chi connectivity index (χ0n) is 11.9. The second-order valence-corrected chi connectivity index (χ2v) is 7.96. The molecule has 0 saturated carbocycles. The maximum absolute atomic E-state index is 12.6. The summed E-state index contributed by atoms with van der Waals surface area (Å²) in [5, 5.41) is 5.24. The Morgan fingerprint density at radius 3 is 2.71 bits per heavy atom. The van der Waals surface area contributed by atoms with Gasteiger partial charge in [-0.25, -0.2) is 8.42 Å². The fraction of sp³-hybridized carbons (Fsp3) is 0.467. The minimum atomic E-state index is -3.39. The number of nitrogens with one attached hydrogen (secondary N) is 1. The fourth-order valence-electron chi connectivity index (χ4n) is 3.37. The van der Waals surface area contributed by atoms with E-state index < -0.39 is 10.0 Å². The molecule has 0 bridgehead atoms. The summed E-state index contributed by atoms with van der Waals surface area (Å²) < 4.78 is 26.9. The number of rotatable bonds is 3. The maximum atomic E-state index is 12.6. The molecular weight excluding hydrogens is 308 g/mol. The zero-order valence-corrected chi connectivity index (χ0v) is 13.4. The molecule has 0 amide bonds. The van der Waals surface area contributed by atoms with Crippen LogP contribution in [-0.2, 0) is 10.0 Å². The van der Waals surface area contributed by atoms with E-state index in [0.29, 0.717) is 10.9 Å². The molecule has 21 heavy (non-hydrogen) atoms. The predicted molar refractivity (Wildman–Crippen MR) is 85.5 cm³/mol. The first-order valence-electron chi connectivity index (χ1n) is 7.15. The molecule has 2 aliphatic heterocycles. The Morgan fingerprint density at radius 2 is 2.00 bits per heavy atom. The van der Waals surface area contributed by atoms with Crippen molar-refractivity contribution in [3.05, 3.63) is 40.3 Å². The summed E-state index contributed by atoms with van der Waals surface area (Å²) in [6, 6.07) is 7.29. The molecule has 114 valence electrons. The first-order chi connectivity index (χ1) is 9.97. The quantitative estimate of drug-likeness (QED) is 0.927. The molecule has 0 aromatic heterocycles. The average Bonchev–Trinajstić information content (AvgIpc) is 2.97. The molecule has 3 rings (SSSR count). The highest BCUT2D eigenvalue weighted by Gasteiger charge is 2.46. The third kappa shape index (κ3) is 3.01. The van der Waals surface area contributed by atoms with Crippen LogP contribution in [0.15, 0.2) is 29.7 Å². The van der Waals surface area contributed by atoms with Gasteiger partial charge < -0.3 is 5.32 Å². The van der Waals surface area contributed by atoms with Crippen LogP contribution >= 0.6 is 11.6 Å². The van der Waals surface area contributed by atoms with Gasteiger partial charge in [-0.15, -0.1) is 0 Å². The number of halogens is 1. The van der Waals surface area contributed by atoms with Gasteiger partial charge in [-0.1, -0.05) is 23.7 Å². The van der Waals surface area contributed by atoms with E-state index in [4.69, 9.17) is 11.6 Å². The number of hydrogen-bond acceptors (Lipinski definition) is 3. The smallest absolute Gasteiger partial charge is 0.236 e. The van der Waals surface area contributed by atoms with Crippen LogP contribution in [0.3, 0.4) is 0 Å². The third-order valence-corrected chi connectivity index (χ3v) is 6.26. The van der Waals surface area contributed by atoms with E-state index in [-0.39, 0.29) is 12.1 Å². The van der Waals surface area contributed by atoms with Crippen molar-refractivity contribution >= 4 is 27.7 Å². The minimum Gasteiger partial charge on any atom is -0.315 e. The molecule has 3 unspecified atom stereocenters. The van der Waals surface area contributed by atoms with Crippen LogP contribution in [0.5, 0.6) is 0 Å².